The summed E-state index contributed by atoms with van der Waals surface area (Å²) in [7, 11) is 0. The van der Waals surface area contributed by atoms with Crippen LogP contribution in [-0.4, -0.2) is 14.8 Å². The van der Waals surface area contributed by atoms with E-state index in [1.165, 1.54) is 19.1 Å². The predicted octanol–water partition coefficient (Wildman–Crippen LogP) is 5.36. The van der Waals surface area contributed by atoms with Gasteiger partial charge in [0.05, 0.1) is 15.8 Å². The van der Waals surface area contributed by atoms with Crippen LogP contribution in [0.25, 0.3) is 32.0 Å². The number of para-hydroxylation sites is 1. The minimum Gasteiger partial charge on any atom is -0.268 e. The molecule has 4 aromatic rings. The number of fused-ring (bicyclic) bond motifs is 2. The fraction of sp³-hybridized carbons (Fsp3) is 0.200. The van der Waals surface area contributed by atoms with E-state index in [4.69, 9.17) is 4.98 Å². The van der Waals surface area contributed by atoms with E-state index in [1.54, 1.807) is 11.3 Å². The van der Waals surface area contributed by atoms with Crippen LogP contribution in [0.1, 0.15) is 17.7 Å². The first-order chi connectivity index (χ1) is 12.6. The molecular weight excluding hydrogens is 352 g/mol. The Morgan fingerprint density at radius 2 is 1.96 bits per heavy atom. The largest absolute Gasteiger partial charge is 0.268 e. The number of halogens is 2. The Hall–Kier alpha value is -2.60. The monoisotopic (exact) mass is 367 g/mol. The maximum absolute atomic E-state index is 14.8. The molecule has 0 atom stereocenters. The minimum atomic E-state index is -0.552. The lowest BCUT2D eigenvalue weighted by molar-refractivity contribution is 0.569. The molecule has 0 N–H and O–H groups in total. The Balaban J connectivity index is 1.79. The van der Waals surface area contributed by atoms with Gasteiger partial charge in [0.1, 0.15) is 22.3 Å². The quantitative estimate of drug-likeness (QED) is 0.477. The van der Waals surface area contributed by atoms with Crippen LogP contribution in [0.2, 0.25) is 0 Å². The molecule has 0 spiro atoms. The fourth-order valence-electron chi connectivity index (χ4n) is 3.57. The summed E-state index contributed by atoms with van der Waals surface area (Å²) in [6.45, 7) is 2.27. The summed E-state index contributed by atoms with van der Waals surface area (Å²) in [6, 6.07) is 10.7. The van der Waals surface area contributed by atoms with E-state index in [0.29, 0.717) is 11.3 Å². The molecule has 0 saturated heterocycles. The van der Waals surface area contributed by atoms with Crippen LogP contribution in [0, 0.1) is 18.6 Å². The average Bonchev–Trinajstić information content (AvgIpc) is 3.32. The van der Waals surface area contributed by atoms with Crippen molar-refractivity contribution in [2.24, 2.45) is 0 Å². The van der Waals surface area contributed by atoms with Crippen molar-refractivity contribution in [2.75, 3.05) is 0 Å². The third kappa shape index (κ3) is 2.22. The van der Waals surface area contributed by atoms with Gasteiger partial charge in [-0.1, -0.05) is 12.1 Å². The van der Waals surface area contributed by atoms with Crippen LogP contribution < -0.4 is 0 Å². The summed E-state index contributed by atoms with van der Waals surface area (Å²) < 4.78 is 31.6. The highest BCUT2D eigenvalue weighted by molar-refractivity contribution is 7.21. The molecule has 2 aromatic carbocycles. The van der Waals surface area contributed by atoms with E-state index in [-0.39, 0.29) is 5.56 Å². The van der Waals surface area contributed by atoms with Gasteiger partial charge in [0.2, 0.25) is 0 Å². The molecule has 0 amide bonds. The SMILES string of the molecule is Cc1c(F)ccc(-c2nn3c(c2-c2nc4ccccc4s2)CCC3)c1F. The molecule has 1 aliphatic heterocycles. The Kier molecular flexibility index (Phi) is 3.43. The molecule has 6 heteroatoms. The van der Waals surface area contributed by atoms with Crippen molar-refractivity contribution in [1.82, 2.24) is 14.8 Å². The maximum Gasteiger partial charge on any atom is 0.138 e. The normalized spacial score (nSPS) is 13.5. The van der Waals surface area contributed by atoms with Crippen LogP contribution in [-0.2, 0) is 13.0 Å². The number of thiazole rings is 1. The molecule has 3 nitrogen and oxygen atoms in total. The number of aromatic nitrogens is 3. The molecule has 0 bridgehead atoms. The molecular formula is C20H15F2N3S. The molecule has 26 heavy (non-hydrogen) atoms. The number of aryl methyl sites for hydroxylation is 1. The average molecular weight is 367 g/mol. The van der Waals surface area contributed by atoms with Crippen molar-refractivity contribution in [2.45, 2.75) is 26.3 Å². The second-order valence-corrected chi connectivity index (χ2v) is 7.55. The summed E-state index contributed by atoms with van der Waals surface area (Å²) in [4.78, 5) is 4.76. The zero-order valence-electron chi connectivity index (χ0n) is 14.1. The molecule has 3 heterocycles. The number of hydrogen-bond donors (Lipinski definition) is 0. The Labute approximate surface area is 152 Å². The van der Waals surface area contributed by atoms with Gasteiger partial charge in [-0.25, -0.2) is 13.8 Å². The number of benzene rings is 2. The van der Waals surface area contributed by atoms with E-state index in [0.717, 1.165) is 45.9 Å². The molecule has 5 rings (SSSR count). The molecule has 0 aliphatic carbocycles. The van der Waals surface area contributed by atoms with Crippen molar-refractivity contribution in [3.63, 3.8) is 0 Å². The van der Waals surface area contributed by atoms with Crippen LogP contribution in [0.5, 0.6) is 0 Å². The highest BCUT2D eigenvalue weighted by Gasteiger charge is 2.28. The smallest absolute Gasteiger partial charge is 0.138 e. The van der Waals surface area contributed by atoms with Gasteiger partial charge >= 0.3 is 0 Å². The fourth-order valence-corrected chi connectivity index (χ4v) is 4.60. The van der Waals surface area contributed by atoms with Crippen LogP contribution >= 0.6 is 11.3 Å². The maximum atomic E-state index is 14.8. The summed E-state index contributed by atoms with van der Waals surface area (Å²) in [5.74, 6) is -1.09. The topological polar surface area (TPSA) is 30.7 Å². The van der Waals surface area contributed by atoms with Crippen molar-refractivity contribution in [3.05, 3.63) is 59.3 Å². The second-order valence-electron chi connectivity index (χ2n) is 6.52. The van der Waals surface area contributed by atoms with E-state index >= 15 is 0 Å². The van der Waals surface area contributed by atoms with Crippen molar-refractivity contribution < 1.29 is 8.78 Å². The predicted molar refractivity (Wildman–Crippen MR) is 99.3 cm³/mol. The standard InChI is InChI=1S/C20H15F2N3S/c1-11-13(21)9-8-12(18(11)22)19-17(15-6-4-10-25(15)24-19)20-23-14-5-2-3-7-16(14)26-20/h2-3,5,7-9H,4,6,10H2,1H3. The summed E-state index contributed by atoms with van der Waals surface area (Å²) in [6.07, 6.45) is 1.91. The zero-order valence-corrected chi connectivity index (χ0v) is 14.9. The first-order valence-electron chi connectivity index (χ1n) is 8.54. The van der Waals surface area contributed by atoms with Gasteiger partial charge in [0.25, 0.3) is 0 Å². The summed E-state index contributed by atoms with van der Waals surface area (Å²) in [5.41, 5.74) is 3.80. The van der Waals surface area contributed by atoms with Gasteiger partial charge in [-0.05, 0) is 44.0 Å². The zero-order chi connectivity index (χ0) is 17.8. The van der Waals surface area contributed by atoms with E-state index in [9.17, 15) is 8.78 Å². The first-order valence-corrected chi connectivity index (χ1v) is 9.35. The second kappa shape index (κ2) is 5.71. The molecule has 0 unspecified atom stereocenters. The Bertz CT molecular complexity index is 1130. The number of hydrogen-bond acceptors (Lipinski definition) is 3. The van der Waals surface area contributed by atoms with Crippen molar-refractivity contribution in [1.29, 1.82) is 0 Å². The summed E-state index contributed by atoms with van der Waals surface area (Å²) >= 11 is 1.58. The third-order valence-electron chi connectivity index (χ3n) is 4.92. The molecule has 0 radical (unpaired) electrons. The third-order valence-corrected chi connectivity index (χ3v) is 5.98. The van der Waals surface area contributed by atoms with Crippen molar-refractivity contribution >= 4 is 21.6 Å². The molecule has 0 fully saturated rings. The number of rotatable bonds is 2. The highest BCUT2D eigenvalue weighted by Crippen LogP contribution is 2.41. The van der Waals surface area contributed by atoms with E-state index < -0.39 is 11.6 Å². The lowest BCUT2D eigenvalue weighted by atomic mass is 10.0. The first kappa shape index (κ1) is 15.6. The minimum absolute atomic E-state index is 0.0194. The Morgan fingerprint density at radius 3 is 2.81 bits per heavy atom. The molecule has 2 aromatic heterocycles. The van der Waals surface area contributed by atoms with Crippen LogP contribution in [0.3, 0.4) is 0 Å². The van der Waals surface area contributed by atoms with Gasteiger partial charge in [-0.3, -0.25) is 4.68 Å². The Morgan fingerprint density at radius 1 is 1.12 bits per heavy atom. The van der Waals surface area contributed by atoms with Gasteiger partial charge < -0.3 is 0 Å². The van der Waals surface area contributed by atoms with E-state index in [2.05, 4.69) is 5.10 Å². The van der Waals surface area contributed by atoms with E-state index in [1.807, 2.05) is 28.9 Å². The lowest BCUT2D eigenvalue weighted by Crippen LogP contribution is -1.97. The van der Waals surface area contributed by atoms with Gasteiger partial charge in [-0.15, -0.1) is 11.3 Å². The van der Waals surface area contributed by atoms with Gasteiger partial charge in [-0.2, -0.15) is 5.10 Å². The van der Waals surface area contributed by atoms with Crippen LogP contribution in [0.4, 0.5) is 8.78 Å². The van der Waals surface area contributed by atoms with Crippen molar-refractivity contribution in [3.8, 4) is 21.8 Å². The van der Waals surface area contributed by atoms with Gasteiger partial charge in [0, 0.05) is 23.4 Å². The number of nitrogens with zero attached hydrogens (tertiary/aromatic N) is 3. The molecule has 1 aliphatic rings. The van der Waals surface area contributed by atoms with Gasteiger partial charge in [0.15, 0.2) is 0 Å². The summed E-state index contributed by atoms with van der Waals surface area (Å²) in [5, 5.41) is 5.50. The molecule has 130 valence electrons. The molecule has 0 saturated carbocycles. The lowest BCUT2D eigenvalue weighted by Gasteiger charge is -2.06. The van der Waals surface area contributed by atoms with Crippen LogP contribution in [0.15, 0.2) is 36.4 Å². The highest BCUT2D eigenvalue weighted by atomic mass is 32.1.